The molecule has 1 aromatic rings. The normalized spacial score (nSPS) is 18.4. The molecular formula is C11H18N2O4S3. The van der Waals surface area contributed by atoms with E-state index >= 15 is 0 Å². The average molecular weight is 338 g/mol. The summed E-state index contributed by atoms with van der Waals surface area (Å²) in [4.78, 5) is 0. The first-order chi connectivity index (χ1) is 9.28. The van der Waals surface area contributed by atoms with Crippen molar-refractivity contribution in [1.82, 2.24) is 0 Å². The molecule has 1 aliphatic heterocycles. The maximum Gasteiger partial charge on any atom is 0.397 e. The lowest BCUT2D eigenvalue weighted by Gasteiger charge is -2.04. The molecule has 2 rings (SSSR count). The fourth-order valence-corrected chi connectivity index (χ4v) is 4.53. The minimum Gasteiger partial charge on any atom is -0.399 e. The number of anilines is 2. The predicted octanol–water partition coefficient (Wildman–Crippen LogP) is 2.12. The lowest BCUT2D eigenvalue weighted by Crippen LogP contribution is -2.13. The summed E-state index contributed by atoms with van der Waals surface area (Å²) in [7, 11) is -0.942. The molecule has 1 unspecified atom stereocenters. The smallest absolute Gasteiger partial charge is 0.397 e. The first-order valence-electron chi connectivity index (χ1n) is 5.79. The summed E-state index contributed by atoms with van der Waals surface area (Å²) < 4.78 is 32.6. The zero-order valence-corrected chi connectivity index (χ0v) is 13.4. The Morgan fingerprint density at radius 2 is 2.15 bits per heavy atom. The molecule has 1 atom stereocenters. The number of nitrogens with two attached hydrogens (primary N) is 2. The number of hydrogen-bond donors (Lipinski definition) is 3. The fraction of sp³-hybridized carbons (Fsp3) is 0.455. The van der Waals surface area contributed by atoms with Crippen molar-refractivity contribution in [3.63, 3.8) is 0 Å². The van der Waals surface area contributed by atoms with E-state index in [9.17, 15) is 8.42 Å². The second kappa shape index (κ2) is 7.99. The molecule has 6 nitrogen and oxygen atoms in total. The Balaban J connectivity index is 0.000000204. The Bertz CT molecular complexity index is 530. The number of rotatable bonds is 3. The van der Waals surface area contributed by atoms with Gasteiger partial charge in [-0.2, -0.15) is 8.42 Å². The van der Waals surface area contributed by atoms with Gasteiger partial charge >= 0.3 is 10.4 Å². The molecule has 0 aliphatic carbocycles. The van der Waals surface area contributed by atoms with Crippen LogP contribution in [0, 0.1) is 6.92 Å². The molecular weight excluding hydrogens is 320 g/mol. The predicted molar refractivity (Wildman–Crippen MR) is 86.0 cm³/mol. The van der Waals surface area contributed by atoms with E-state index in [1.807, 2.05) is 19.1 Å². The molecule has 5 N–H and O–H groups in total. The highest BCUT2D eigenvalue weighted by Crippen LogP contribution is 2.37. The van der Waals surface area contributed by atoms with Crippen molar-refractivity contribution in [2.75, 3.05) is 23.8 Å². The van der Waals surface area contributed by atoms with E-state index in [0.717, 1.165) is 29.1 Å². The van der Waals surface area contributed by atoms with Crippen molar-refractivity contribution >= 4 is 43.4 Å². The van der Waals surface area contributed by atoms with Gasteiger partial charge in [0.1, 0.15) is 0 Å². The number of hydrogen-bond acceptors (Lipinski definition) is 7. The third kappa shape index (κ3) is 7.25. The Hall–Kier alpha value is -0.610. The molecule has 1 aliphatic rings. The standard InChI is InChI=1S/C7H10N2.C4H8O4S3/c1-5-4-6(8)2-3-7(5)9;5-11(6,7)8-3-4-1-2-9-10-4/h2-4H,8-9H2,1H3;4H,1-3H2,(H,5,6,7). The van der Waals surface area contributed by atoms with Crippen LogP contribution in [0.25, 0.3) is 0 Å². The van der Waals surface area contributed by atoms with E-state index in [1.54, 1.807) is 27.7 Å². The van der Waals surface area contributed by atoms with Gasteiger partial charge in [0.2, 0.25) is 0 Å². The van der Waals surface area contributed by atoms with Gasteiger partial charge in [0.25, 0.3) is 0 Å². The Kier molecular flexibility index (Phi) is 6.96. The Labute approximate surface area is 127 Å². The third-order valence-electron chi connectivity index (χ3n) is 2.42. The summed E-state index contributed by atoms with van der Waals surface area (Å²) in [6.07, 6.45) is 0.935. The molecule has 1 fully saturated rings. The molecule has 20 heavy (non-hydrogen) atoms. The van der Waals surface area contributed by atoms with Gasteiger partial charge < -0.3 is 11.5 Å². The van der Waals surface area contributed by atoms with Crippen molar-refractivity contribution in [3.8, 4) is 0 Å². The first kappa shape index (κ1) is 17.4. The van der Waals surface area contributed by atoms with Gasteiger partial charge in [0, 0.05) is 22.4 Å². The van der Waals surface area contributed by atoms with Gasteiger partial charge in [0.15, 0.2) is 0 Å². The molecule has 0 bridgehead atoms. The highest BCUT2D eigenvalue weighted by Gasteiger charge is 2.19. The highest BCUT2D eigenvalue weighted by atomic mass is 33.1. The summed E-state index contributed by atoms with van der Waals surface area (Å²) >= 11 is 0. The van der Waals surface area contributed by atoms with Crippen LogP contribution in [0.5, 0.6) is 0 Å². The van der Waals surface area contributed by atoms with Gasteiger partial charge in [-0.15, -0.1) is 0 Å². The van der Waals surface area contributed by atoms with Gasteiger partial charge in [-0.25, -0.2) is 4.18 Å². The number of nitrogen functional groups attached to an aromatic ring is 2. The van der Waals surface area contributed by atoms with Crippen LogP contribution in [0.4, 0.5) is 11.4 Å². The molecule has 1 saturated heterocycles. The van der Waals surface area contributed by atoms with E-state index in [0.29, 0.717) is 0 Å². The topological polar surface area (TPSA) is 116 Å². The van der Waals surface area contributed by atoms with Crippen LogP contribution in [-0.2, 0) is 14.6 Å². The van der Waals surface area contributed by atoms with Crippen molar-refractivity contribution in [3.05, 3.63) is 23.8 Å². The molecule has 1 heterocycles. The lowest BCUT2D eigenvalue weighted by molar-refractivity contribution is 0.268. The average Bonchev–Trinajstić information content (AvgIpc) is 2.85. The van der Waals surface area contributed by atoms with Crippen LogP contribution >= 0.6 is 21.6 Å². The second-order valence-electron chi connectivity index (χ2n) is 4.16. The molecule has 114 valence electrons. The van der Waals surface area contributed by atoms with E-state index < -0.39 is 10.4 Å². The van der Waals surface area contributed by atoms with Gasteiger partial charge in [-0.05, 0) is 37.1 Å². The molecule has 0 amide bonds. The largest absolute Gasteiger partial charge is 0.399 e. The minimum absolute atomic E-state index is 0.0799. The van der Waals surface area contributed by atoms with Crippen molar-refractivity contribution in [1.29, 1.82) is 0 Å². The summed E-state index contributed by atoms with van der Waals surface area (Å²) in [5.74, 6) is 1.02. The number of aryl methyl sites for hydroxylation is 1. The third-order valence-corrected chi connectivity index (χ3v) is 5.77. The zero-order chi connectivity index (χ0) is 15.2. The summed E-state index contributed by atoms with van der Waals surface area (Å²) in [5.41, 5.74) is 13.6. The van der Waals surface area contributed by atoms with Crippen LogP contribution in [0.3, 0.4) is 0 Å². The summed E-state index contributed by atoms with van der Waals surface area (Å²) in [6, 6.07) is 5.46. The van der Waals surface area contributed by atoms with Crippen LogP contribution < -0.4 is 11.5 Å². The monoisotopic (exact) mass is 338 g/mol. The van der Waals surface area contributed by atoms with Crippen molar-refractivity contribution in [2.24, 2.45) is 0 Å². The van der Waals surface area contributed by atoms with Gasteiger partial charge in [0.05, 0.1) is 6.61 Å². The SMILES string of the molecule is Cc1cc(N)ccc1N.O=S(=O)(O)OCC1CCSS1. The van der Waals surface area contributed by atoms with Gasteiger partial charge in [-0.3, -0.25) is 4.55 Å². The van der Waals surface area contributed by atoms with E-state index in [2.05, 4.69) is 4.18 Å². The minimum atomic E-state index is -4.23. The van der Waals surface area contributed by atoms with Gasteiger partial charge in [-0.1, -0.05) is 21.6 Å². The Morgan fingerprint density at radius 1 is 1.45 bits per heavy atom. The molecule has 0 aromatic heterocycles. The van der Waals surface area contributed by atoms with Crippen LogP contribution in [-0.4, -0.2) is 30.6 Å². The molecule has 1 aromatic carbocycles. The lowest BCUT2D eigenvalue weighted by atomic mass is 10.2. The van der Waals surface area contributed by atoms with Crippen molar-refractivity contribution in [2.45, 2.75) is 18.6 Å². The summed E-state index contributed by atoms with van der Waals surface area (Å²) in [6.45, 7) is 2.02. The van der Waals surface area contributed by atoms with E-state index in [4.69, 9.17) is 16.0 Å². The maximum absolute atomic E-state index is 10.1. The van der Waals surface area contributed by atoms with Crippen LogP contribution in [0.2, 0.25) is 0 Å². The van der Waals surface area contributed by atoms with E-state index in [1.165, 1.54) is 0 Å². The quantitative estimate of drug-likeness (QED) is 0.436. The van der Waals surface area contributed by atoms with Crippen molar-refractivity contribution < 1.29 is 17.2 Å². The van der Waals surface area contributed by atoms with Crippen LogP contribution in [0.1, 0.15) is 12.0 Å². The zero-order valence-electron chi connectivity index (χ0n) is 11.0. The van der Waals surface area contributed by atoms with E-state index in [-0.39, 0.29) is 11.9 Å². The molecule has 9 heteroatoms. The number of benzene rings is 1. The molecule has 0 radical (unpaired) electrons. The molecule has 0 saturated carbocycles. The second-order valence-corrected chi connectivity index (χ2v) is 8.04. The molecule has 0 spiro atoms. The first-order valence-corrected chi connectivity index (χ1v) is 9.54. The fourth-order valence-electron chi connectivity index (χ4n) is 1.34. The highest BCUT2D eigenvalue weighted by molar-refractivity contribution is 8.77. The Morgan fingerprint density at radius 3 is 2.60 bits per heavy atom. The maximum atomic E-state index is 10.1. The van der Waals surface area contributed by atoms with Crippen LogP contribution in [0.15, 0.2) is 18.2 Å². The summed E-state index contributed by atoms with van der Waals surface area (Å²) in [5, 5.41) is 0.196.